The van der Waals surface area contributed by atoms with Gasteiger partial charge in [0.05, 0.1) is 22.3 Å². The Kier molecular flexibility index (Phi) is 7.72. The minimum atomic E-state index is -0.687. The van der Waals surface area contributed by atoms with Crippen LogP contribution in [0.1, 0.15) is 22.3 Å². The summed E-state index contributed by atoms with van der Waals surface area (Å²) in [6.07, 6.45) is 1.87. The average molecular weight is 766 g/mol. The van der Waals surface area contributed by atoms with Gasteiger partial charge in [-0.05, 0) is 81.4 Å². The van der Waals surface area contributed by atoms with Crippen molar-refractivity contribution in [3.8, 4) is 78.8 Å². The van der Waals surface area contributed by atoms with Gasteiger partial charge in [-0.2, -0.15) is 0 Å². The maximum atomic E-state index is 6.94. The Morgan fingerprint density at radius 2 is 0.850 bits per heavy atom. The van der Waals surface area contributed by atoms with Gasteiger partial charge in [-0.25, -0.2) is 9.97 Å². The van der Waals surface area contributed by atoms with Gasteiger partial charge in [-0.3, -0.25) is 4.98 Å². The van der Waals surface area contributed by atoms with E-state index in [2.05, 4.69) is 188 Å². The molecule has 0 amide bonds. The third-order valence-corrected chi connectivity index (χ3v) is 12.2. The molecule has 12 rings (SSSR count). The molecule has 10 aromatic rings. The van der Waals surface area contributed by atoms with E-state index < -0.39 is 5.41 Å². The Bertz CT molecular complexity index is 3230. The van der Waals surface area contributed by atoms with Gasteiger partial charge in [0, 0.05) is 45.0 Å². The molecule has 280 valence electrons. The van der Waals surface area contributed by atoms with Crippen molar-refractivity contribution in [2.75, 3.05) is 0 Å². The molecule has 3 heterocycles. The van der Waals surface area contributed by atoms with E-state index in [0.717, 1.165) is 78.3 Å². The highest BCUT2D eigenvalue weighted by molar-refractivity contribution is 5.95. The standard InChI is InChI=1S/C56H35N3O/c1-3-13-36(14-4-1)37-24-26-39(27-25-37)51-35-50(38-15-5-2-6-16-38)58-55(59-51)42-29-31-53-49(34-42)56(46-22-9-7-19-44(46)45-20-8-10-23-47(45)56)48-33-41(28-30-52(48)60-53)43-21-11-17-40-18-12-32-57-54(40)43/h1-35H. The molecule has 1 spiro atoms. The summed E-state index contributed by atoms with van der Waals surface area (Å²) in [5, 5.41) is 1.11. The fraction of sp³-hybridized carbons (Fsp3) is 0.0179. The van der Waals surface area contributed by atoms with E-state index in [1.807, 2.05) is 24.4 Å². The Hall–Kier alpha value is -7.95. The highest BCUT2D eigenvalue weighted by Crippen LogP contribution is 2.62. The van der Waals surface area contributed by atoms with Crippen molar-refractivity contribution in [2.24, 2.45) is 0 Å². The fourth-order valence-corrected chi connectivity index (χ4v) is 9.49. The van der Waals surface area contributed by atoms with Gasteiger partial charge in [-0.1, -0.05) is 164 Å². The van der Waals surface area contributed by atoms with Crippen molar-refractivity contribution < 1.29 is 4.74 Å². The minimum absolute atomic E-state index is 0.650. The molecule has 4 nitrogen and oxygen atoms in total. The zero-order valence-electron chi connectivity index (χ0n) is 32.5. The molecule has 4 heteroatoms. The summed E-state index contributed by atoms with van der Waals surface area (Å²) in [4.78, 5) is 15.5. The monoisotopic (exact) mass is 765 g/mol. The van der Waals surface area contributed by atoms with Crippen LogP contribution in [-0.2, 0) is 5.41 Å². The predicted molar refractivity (Wildman–Crippen MR) is 242 cm³/mol. The van der Waals surface area contributed by atoms with Crippen LogP contribution in [0.25, 0.3) is 78.2 Å². The van der Waals surface area contributed by atoms with Crippen LogP contribution in [0.4, 0.5) is 0 Å². The number of pyridine rings is 1. The number of benzene rings is 8. The van der Waals surface area contributed by atoms with Crippen LogP contribution in [-0.4, -0.2) is 15.0 Å². The van der Waals surface area contributed by atoms with Crippen molar-refractivity contribution in [3.63, 3.8) is 0 Å². The SMILES string of the molecule is c1ccc(-c2ccc(-c3cc(-c4ccccc4)nc(-c4ccc5c(c4)C4(c6cc(-c7cccc8cccnc78)ccc6O5)c5ccccc5-c5ccccc54)n3)cc2)cc1. The van der Waals surface area contributed by atoms with Crippen LogP contribution in [0.2, 0.25) is 0 Å². The average Bonchev–Trinajstić information content (AvgIpc) is 3.62. The van der Waals surface area contributed by atoms with Gasteiger partial charge in [0.25, 0.3) is 0 Å². The molecule has 60 heavy (non-hydrogen) atoms. The first-order valence-corrected chi connectivity index (χ1v) is 20.3. The highest BCUT2D eigenvalue weighted by atomic mass is 16.5. The molecule has 0 saturated carbocycles. The molecule has 0 atom stereocenters. The van der Waals surface area contributed by atoms with Crippen LogP contribution < -0.4 is 4.74 Å². The normalized spacial score (nSPS) is 12.9. The van der Waals surface area contributed by atoms with Crippen molar-refractivity contribution >= 4 is 10.9 Å². The lowest BCUT2D eigenvalue weighted by Crippen LogP contribution is -2.32. The second-order valence-electron chi connectivity index (χ2n) is 15.5. The second kappa shape index (κ2) is 13.6. The van der Waals surface area contributed by atoms with E-state index >= 15 is 0 Å². The van der Waals surface area contributed by atoms with Crippen molar-refractivity contribution in [1.82, 2.24) is 15.0 Å². The molecule has 0 N–H and O–H groups in total. The largest absolute Gasteiger partial charge is 0.457 e. The van der Waals surface area contributed by atoms with Crippen LogP contribution in [0.5, 0.6) is 11.5 Å². The Morgan fingerprint density at radius 3 is 1.53 bits per heavy atom. The van der Waals surface area contributed by atoms with Gasteiger partial charge in [0.15, 0.2) is 5.82 Å². The highest BCUT2D eigenvalue weighted by Gasteiger charge is 2.51. The lowest BCUT2D eigenvalue weighted by atomic mass is 9.65. The molecule has 1 aliphatic carbocycles. The lowest BCUT2D eigenvalue weighted by Gasteiger charge is -2.40. The van der Waals surface area contributed by atoms with Gasteiger partial charge in [0.2, 0.25) is 0 Å². The summed E-state index contributed by atoms with van der Waals surface area (Å²) in [6, 6.07) is 72.9. The topological polar surface area (TPSA) is 47.9 Å². The number of para-hydroxylation sites is 1. The molecule has 0 fully saturated rings. The fourth-order valence-electron chi connectivity index (χ4n) is 9.49. The summed E-state index contributed by atoms with van der Waals surface area (Å²) in [5.41, 5.74) is 16.5. The molecule has 0 bridgehead atoms. The molecule has 0 radical (unpaired) electrons. The lowest BCUT2D eigenvalue weighted by molar-refractivity contribution is 0.436. The summed E-state index contributed by atoms with van der Waals surface area (Å²) in [5.74, 6) is 2.30. The zero-order chi connectivity index (χ0) is 39.6. The van der Waals surface area contributed by atoms with Crippen molar-refractivity contribution in [1.29, 1.82) is 0 Å². The van der Waals surface area contributed by atoms with E-state index in [-0.39, 0.29) is 0 Å². The molecule has 1 aliphatic heterocycles. The van der Waals surface area contributed by atoms with Crippen LogP contribution in [0.3, 0.4) is 0 Å². The summed E-state index contributed by atoms with van der Waals surface area (Å²) in [7, 11) is 0. The third-order valence-electron chi connectivity index (χ3n) is 12.2. The number of hydrogen-bond acceptors (Lipinski definition) is 4. The maximum Gasteiger partial charge on any atom is 0.160 e. The summed E-state index contributed by atoms with van der Waals surface area (Å²) in [6.45, 7) is 0. The predicted octanol–water partition coefficient (Wildman–Crippen LogP) is 13.8. The van der Waals surface area contributed by atoms with Crippen molar-refractivity contribution in [3.05, 3.63) is 235 Å². The molecule has 8 aromatic carbocycles. The summed E-state index contributed by atoms with van der Waals surface area (Å²) < 4.78 is 6.94. The Balaban J connectivity index is 1.08. The number of nitrogens with zero attached hydrogens (tertiary/aromatic N) is 3. The van der Waals surface area contributed by atoms with E-state index in [9.17, 15) is 0 Å². The van der Waals surface area contributed by atoms with Gasteiger partial charge in [0.1, 0.15) is 11.5 Å². The first-order chi connectivity index (χ1) is 29.7. The quantitative estimate of drug-likeness (QED) is 0.175. The maximum absolute atomic E-state index is 6.94. The van der Waals surface area contributed by atoms with Crippen LogP contribution >= 0.6 is 0 Å². The first kappa shape index (κ1) is 34.1. The number of aromatic nitrogens is 3. The van der Waals surface area contributed by atoms with E-state index in [0.29, 0.717) is 5.82 Å². The zero-order valence-corrected chi connectivity index (χ0v) is 32.5. The molecule has 2 aromatic heterocycles. The molecular weight excluding hydrogens is 731 g/mol. The van der Waals surface area contributed by atoms with E-state index in [4.69, 9.17) is 19.7 Å². The molecular formula is C56H35N3O. The minimum Gasteiger partial charge on any atom is -0.457 e. The number of fused-ring (bicyclic) bond motifs is 10. The number of rotatable bonds is 5. The van der Waals surface area contributed by atoms with Crippen LogP contribution in [0.15, 0.2) is 212 Å². The molecule has 0 unspecified atom stereocenters. The Morgan fingerprint density at radius 1 is 0.350 bits per heavy atom. The van der Waals surface area contributed by atoms with Gasteiger partial charge in [-0.15, -0.1) is 0 Å². The molecule has 2 aliphatic rings. The Labute approximate surface area is 348 Å². The first-order valence-electron chi connectivity index (χ1n) is 20.3. The second-order valence-corrected chi connectivity index (χ2v) is 15.5. The van der Waals surface area contributed by atoms with Crippen LogP contribution in [0, 0.1) is 0 Å². The van der Waals surface area contributed by atoms with Gasteiger partial charge >= 0.3 is 0 Å². The van der Waals surface area contributed by atoms with E-state index in [1.165, 1.54) is 27.8 Å². The third kappa shape index (κ3) is 5.28. The molecule has 0 saturated heterocycles. The number of ether oxygens (including phenoxy) is 1. The summed E-state index contributed by atoms with van der Waals surface area (Å²) >= 11 is 0. The smallest absolute Gasteiger partial charge is 0.160 e. The number of hydrogen-bond donors (Lipinski definition) is 0. The van der Waals surface area contributed by atoms with Crippen molar-refractivity contribution in [2.45, 2.75) is 5.41 Å². The van der Waals surface area contributed by atoms with E-state index in [1.54, 1.807) is 0 Å². The van der Waals surface area contributed by atoms with Gasteiger partial charge < -0.3 is 4.74 Å².